The highest BCUT2D eigenvalue weighted by atomic mass is 32.1. The van der Waals surface area contributed by atoms with Crippen LogP contribution in [0.3, 0.4) is 0 Å². The van der Waals surface area contributed by atoms with Gasteiger partial charge in [-0.05, 0) is 18.2 Å². The maximum atomic E-state index is 15.2. The summed E-state index contributed by atoms with van der Waals surface area (Å²) in [5.41, 5.74) is -3.71. The molecule has 30 heavy (non-hydrogen) atoms. The van der Waals surface area contributed by atoms with Gasteiger partial charge in [-0.2, -0.15) is 0 Å². The van der Waals surface area contributed by atoms with E-state index in [1.54, 1.807) is 13.1 Å². The molecule has 1 amide bonds. The van der Waals surface area contributed by atoms with Gasteiger partial charge in [0.05, 0.1) is 10.6 Å². The highest BCUT2D eigenvalue weighted by Gasteiger charge is 2.43. The number of likely N-dealkylation sites (N-methyl/N-ethyl adjacent to an activating group) is 1. The van der Waals surface area contributed by atoms with E-state index in [2.05, 4.69) is 16.8 Å². The maximum Gasteiger partial charge on any atom is 0.365 e. The van der Waals surface area contributed by atoms with Gasteiger partial charge in [-0.25, -0.2) is 18.6 Å². The number of thiazole rings is 1. The molecule has 1 unspecified atom stereocenters. The number of carboxylic acids is 1. The van der Waals surface area contributed by atoms with E-state index in [4.69, 9.17) is 4.74 Å². The first-order chi connectivity index (χ1) is 14.2. The summed E-state index contributed by atoms with van der Waals surface area (Å²) >= 11 is 0.560. The van der Waals surface area contributed by atoms with E-state index in [1.165, 1.54) is 17.0 Å². The average molecular weight is 434 g/mol. The first kappa shape index (κ1) is 20.3. The van der Waals surface area contributed by atoms with Crippen LogP contribution in [0.5, 0.6) is 5.75 Å². The van der Waals surface area contributed by atoms with Crippen LogP contribution in [-0.2, 0) is 10.5 Å². The molecule has 2 aliphatic heterocycles. The van der Waals surface area contributed by atoms with Crippen molar-refractivity contribution in [1.82, 2.24) is 9.88 Å². The number of aromatic carboxylic acids is 1. The van der Waals surface area contributed by atoms with Crippen molar-refractivity contribution in [3.05, 3.63) is 33.6 Å². The fraction of sp³-hybridized carbons (Fsp3) is 0.350. The van der Waals surface area contributed by atoms with Crippen LogP contribution in [0.1, 0.15) is 26.7 Å². The highest BCUT2D eigenvalue weighted by Crippen LogP contribution is 2.45. The highest BCUT2D eigenvalue weighted by molar-refractivity contribution is 7.14. The molecule has 1 saturated heterocycles. The van der Waals surface area contributed by atoms with Crippen LogP contribution in [0.25, 0.3) is 11.3 Å². The van der Waals surface area contributed by atoms with Crippen molar-refractivity contribution >= 4 is 23.2 Å². The lowest BCUT2D eigenvalue weighted by molar-refractivity contribution is -0.137. The molecular weight excluding hydrogens is 418 g/mol. The molecule has 0 spiro atoms. The summed E-state index contributed by atoms with van der Waals surface area (Å²) in [5, 5.41) is 19.3. The zero-order valence-electron chi connectivity index (χ0n) is 15.7. The van der Waals surface area contributed by atoms with Crippen LogP contribution >= 0.6 is 11.3 Å². The molecule has 1 aromatic carbocycles. The number of hydrogen-bond acceptors (Lipinski definition) is 6. The minimum atomic E-state index is -2.53. The number of halogens is 2. The Morgan fingerprint density at radius 2 is 2.23 bits per heavy atom. The number of alkyl halides is 2. The molecule has 2 atom stereocenters. The molecule has 7 nitrogen and oxygen atoms in total. The van der Waals surface area contributed by atoms with Crippen LogP contribution < -0.4 is 4.74 Å². The summed E-state index contributed by atoms with van der Waals surface area (Å²) in [5.74, 6) is 3.67. The van der Waals surface area contributed by atoms with Crippen molar-refractivity contribution in [2.45, 2.75) is 17.7 Å². The topological polar surface area (TPSA) is 100.0 Å². The Kier molecular flexibility index (Phi) is 4.75. The number of fused-ring (bicyclic) bond motifs is 3. The van der Waals surface area contributed by atoms with Crippen LogP contribution in [-0.4, -0.2) is 64.4 Å². The number of nitrogens with zero attached hydrogens (tertiary/aromatic N) is 2. The SMILES string of the molecule is CN1CC[C@@](O)(C#Cc2ccc3c(c2)-c2nc(C(=O)O)sc2C(F)(CF)CO3)C1=O. The molecule has 4 rings (SSSR count). The Bertz CT molecular complexity index is 1120. The number of aliphatic hydroxyl groups is 1. The number of carbonyl (C=O) groups excluding carboxylic acids is 1. The first-order valence-electron chi connectivity index (χ1n) is 8.95. The Morgan fingerprint density at radius 1 is 1.47 bits per heavy atom. The van der Waals surface area contributed by atoms with E-state index in [0.717, 1.165) is 0 Å². The minimum absolute atomic E-state index is 0.0240. The third-order valence-corrected chi connectivity index (χ3v) is 6.27. The first-order valence-corrected chi connectivity index (χ1v) is 9.76. The molecule has 3 heterocycles. The van der Waals surface area contributed by atoms with Crippen molar-refractivity contribution in [1.29, 1.82) is 0 Å². The van der Waals surface area contributed by atoms with Crippen molar-refractivity contribution in [2.75, 3.05) is 26.9 Å². The molecule has 0 bridgehead atoms. The number of carboxylic acid groups (broad SMARTS) is 1. The van der Waals surface area contributed by atoms with Gasteiger partial charge in [0.15, 0.2) is 0 Å². The molecule has 0 saturated carbocycles. The molecule has 0 radical (unpaired) electrons. The van der Waals surface area contributed by atoms with Crippen molar-refractivity contribution < 1.29 is 33.3 Å². The van der Waals surface area contributed by atoms with E-state index in [-0.39, 0.29) is 33.3 Å². The molecule has 2 N–H and O–H groups in total. The maximum absolute atomic E-state index is 15.2. The monoisotopic (exact) mass is 434 g/mol. The van der Waals surface area contributed by atoms with E-state index >= 15 is 4.39 Å². The number of ether oxygens (including phenoxy) is 1. The number of likely N-dealkylation sites (tertiary alicyclic amines) is 1. The van der Waals surface area contributed by atoms with E-state index in [1.807, 2.05) is 0 Å². The van der Waals surface area contributed by atoms with Crippen LogP contribution in [0.2, 0.25) is 0 Å². The van der Waals surface area contributed by atoms with Gasteiger partial charge in [0.25, 0.3) is 5.91 Å². The molecule has 10 heteroatoms. The van der Waals surface area contributed by atoms with Gasteiger partial charge in [-0.15, -0.1) is 11.3 Å². The zero-order valence-corrected chi connectivity index (χ0v) is 16.6. The van der Waals surface area contributed by atoms with Gasteiger partial charge < -0.3 is 19.8 Å². The largest absolute Gasteiger partial charge is 0.489 e. The summed E-state index contributed by atoms with van der Waals surface area (Å²) in [6, 6.07) is 4.52. The quantitative estimate of drug-likeness (QED) is 0.702. The molecular formula is C20H16F2N2O5S. The fourth-order valence-electron chi connectivity index (χ4n) is 3.32. The Balaban J connectivity index is 1.80. The van der Waals surface area contributed by atoms with Crippen molar-refractivity contribution in [2.24, 2.45) is 0 Å². The fourth-order valence-corrected chi connectivity index (χ4v) is 4.28. The number of amides is 1. The summed E-state index contributed by atoms with van der Waals surface area (Å²) < 4.78 is 34.1. The number of rotatable bonds is 2. The minimum Gasteiger partial charge on any atom is -0.489 e. The lowest BCUT2D eigenvalue weighted by Gasteiger charge is -2.18. The van der Waals surface area contributed by atoms with E-state index < -0.39 is 36.4 Å². The van der Waals surface area contributed by atoms with Gasteiger partial charge in [0.1, 0.15) is 19.0 Å². The van der Waals surface area contributed by atoms with Gasteiger partial charge in [-0.1, -0.05) is 11.8 Å². The van der Waals surface area contributed by atoms with Crippen LogP contribution in [0, 0.1) is 11.8 Å². The predicted molar refractivity (Wildman–Crippen MR) is 103 cm³/mol. The third kappa shape index (κ3) is 3.20. The second-order valence-electron chi connectivity index (χ2n) is 7.19. The molecule has 1 fully saturated rings. The van der Waals surface area contributed by atoms with Gasteiger partial charge in [-0.3, -0.25) is 4.79 Å². The summed E-state index contributed by atoms with van der Waals surface area (Å²) in [4.78, 5) is 28.6. The van der Waals surface area contributed by atoms with Crippen LogP contribution in [0.4, 0.5) is 8.78 Å². The number of hydrogen-bond donors (Lipinski definition) is 2. The van der Waals surface area contributed by atoms with Crippen LogP contribution in [0.15, 0.2) is 18.2 Å². The molecule has 2 aromatic rings. The third-order valence-electron chi connectivity index (χ3n) is 5.04. The smallest absolute Gasteiger partial charge is 0.365 e. The van der Waals surface area contributed by atoms with Gasteiger partial charge in [0, 0.05) is 31.1 Å². The van der Waals surface area contributed by atoms with Crippen molar-refractivity contribution in [3.63, 3.8) is 0 Å². The standard InChI is InChI=1S/C20H16F2N2O5S/c1-24-7-6-20(28,18(24)27)5-4-11-2-3-13-12(8-11)14-15(19(22,9-21)10-29-13)30-16(23-14)17(25)26/h2-3,8,28H,6-7,9-10H2,1H3,(H,25,26)/t19?,20-/m0/s1. The van der Waals surface area contributed by atoms with Gasteiger partial charge in [0.2, 0.25) is 16.3 Å². The summed E-state index contributed by atoms with van der Waals surface area (Å²) in [7, 11) is 1.57. The molecule has 2 aliphatic rings. The Morgan fingerprint density at radius 3 is 2.87 bits per heavy atom. The second kappa shape index (κ2) is 7.04. The van der Waals surface area contributed by atoms with E-state index in [9.17, 15) is 24.2 Å². The second-order valence-corrected chi connectivity index (χ2v) is 8.19. The van der Waals surface area contributed by atoms with Crippen molar-refractivity contribution in [3.8, 4) is 28.8 Å². The average Bonchev–Trinajstić information content (AvgIpc) is 3.26. The number of carbonyl (C=O) groups is 2. The Labute approximate surface area is 173 Å². The number of aromatic nitrogens is 1. The zero-order chi connectivity index (χ0) is 21.7. The molecule has 156 valence electrons. The predicted octanol–water partition coefficient (Wildman–Crippen LogP) is 1.98. The number of benzene rings is 1. The van der Waals surface area contributed by atoms with Gasteiger partial charge >= 0.3 is 5.97 Å². The normalized spacial score (nSPS) is 24.9. The lowest BCUT2D eigenvalue weighted by Crippen LogP contribution is -2.37. The van der Waals surface area contributed by atoms with E-state index in [0.29, 0.717) is 23.4 Å². The summed E-state index contributed by atoms with van der Waals surface area (Å²) in [6.07, 6.45) is 0.169. The molecule has 1 aromatic heterocycles. The lowest BCUT2D eigenvalue weighted by atomic mass is 10.00. The molecule has 0 aliphatic carbocycles. The Hall–Kier alpha value is -3.03. The summed E-state index contributed by atoms with van der Waals surface area (Å²) in [6.45, 7) is -1.65.